The molecule has 2 aliphatic heterocycles. The number of aromatic nitrogens is 1. The van der Waals surface area contributed by atoms with E-state index in [1.54, 1.807) is 0 Å². The predicted octanol–water partition coefficient (Wildman–Crippen LogP) is 4.10. The van der Waals surface area contributed by atoms with E-state index in [1.807, 2.05) is 0 Å². The molecule has 4 nitrogen and oxygen atoms in total. The maximum absolute atomic E-state index is 12.4. The van der Waals surface area contributed by atoms with Crippen molar-refractivity contribution in [2.75, 3.05) is 26.2 Å². The number of rotatable bonds is 5. The van der Waals surface area contributed by atoms with Crippen LogP contribution in [-0.4, -0.2) is 46.5 Å². The number of nitrogens with zero attached hydrogens (tertiary/aromatic N) is 3. The molecule has 1 aromatic heterocycles. The van der Waals surface area contributed by atoms with Gasteiger partial charge >= 0.3 is 0 Å². The van der Waals surface area contributed by atoms with Gasteiger partial charge in [-0.15, -0.1) is 0 Å². The van der Waals surface area contributed by atoms with Crippen LogP contribution >= 0.6 is 0 Å². The maximum atomic E-state index is 12.4. The summed E-state index contributed by atoms with van der Waals surface area (Å²) in [5.74, 6) is 1.05. The predicted molar refractivity (Wildman–Crippen MR) is 111 cm³/mol. The van der Waals surface area contributed by atoms with Gasteiger partial charge in [-0.1, -0.05) is 18.2 Å². The summed E-state index contributed by atoms with van der Waals surface area (Å²) in [6.07, 6.45) is 6.71. The van der Waals surface area contributed by atoms with Crippen molar-refractivity contribution in [2.24, 2.45) is 13.0 Å². The minimum absolute atomic E-state index is 0.384. The molecule has 2 saturated heterocycles. The van der Waals surface area contributed by atoms with Crippen LogP contribution in [0.15, 0.2) is 24.3 Å². The lowest BCUT2D eigenvalue weighted by Gasteiger charge is -2.33. The average molecular weight is 368 g/mol. The third kappa shape index (κ3) is 3.91. The van der Waals surface area contributed by atoms with Crippen molar-refractivity contribution in [3.05, 3.63) is 35.5 Å². The number of carbonyl (C=O) groups excluding carboxylic acids is 1. The van der Waals surface area contributed by atoms with E-state index in [2.05, 4.69) is 52.6 Å². The number of piperidine rings is 1. The van der Waals surface area contributed by atoms with Gasteiger partial charge in [-0.3, -0.25) is 9.69 Å². The SMILES string of the molecule is Cc1c(CN2CCC[C@@H](CCC(=O)N3CCCC3)C2)c2ccccc2n1C. The zero-order valence-corrected chi connectivity index (χ0v) is 16.9. The number of hydrogen-bond donors (Lipinski definition) is 0. The fourth-order valence-corrected chi connectivity index (χ4v) is 5.01. The van der Waals surface area contributed by atoms with Crippen molar-refractivity contribution in [2.45, 2.75) is 52.0 Å². The van der Waals surface area contributed by atoms with Crippen LogP contribution in [0.25, 0.3) is 10.9 Å². The molecule has 2 aliphatic rings. The van der Waals surface area contributed by atoms with Crippen molar-refractivity contribution in [3.8, 4) is 0 Å². The number of para-hydroxylation sites is 1. The van der Waals surface area contributed by atoms with Gasteiger partial charge in [-0.05, 0) is 63.1 Å². The first-order valence-electron chi connectivity index (χ1n) is 10.7. The second-order valence-corrected chi connectivity index (χ2v) is 8.51. The largest absolute Gasteiger partial charge is 0.348 e. The summed E-state index contributed by atoms with van der Waals surface area (Å²) < 4.78 is 2.32. The molecule has 4 rings (SSSR count). The molecule has 0 spiro atoms. The van der Waals surface area contributed by atoms with Gasteiger partial charge in [-0.2, -0.15) is 0 Å². The summed E-state index contributed by atoms with van der Waals surface area (Å²) in [7, 11) is 2.17. The van der Waals surface area contributed by atoms with Crippen molar-refractivity contribution >= 4 is 16.8 Å². The normalized spacial score (nSPS) is 21.3. The molecule has 0 bridgehead atoms. The highest BCUT2D eigenvalue weighted by atomic mass is 16.2. The molecule has 146 valence electrons. The maximum Gasteiger partial charge on any atom is 0.222 e. The number of carbonyl (C=O) groups is 1. The quantitative estimate of drug-likeness (QED) is 0.796. The first-order valence-corrected chi connectivity index (χ1v) is 10.7. The highest BCUT2D eigenvalue weighted by Gasteiger charge is 2.24. The first kappa shape index (κ1) is 18.5. The summed E-state index contributed by atoms with van der Waals surface area (Å²) in [4.78, 5) is 17.0. The zero-order chi connectivity index (χ0) is 18.8. The highest BCUT2D eigenvalue weighted by molar-refractivity contribution is 5.85. The van der Waals surface area contributed by atoms with Gasteiger partial charge in [-0.25, -0.2) is 0 Å². The molecule has 2 fully saturated rings. The van der Waals surface area contributed by atoms with E-state index in [0.717, 1.165) is 39.0 Å². The van der Waals surface area contributed by atoms with Crippen LogP contribution in [0.4, 0.5) is 0 Å². The number of benzene rings is 1. The number of amides is 1. The molecule has 27 heavy (non-hydrogen) atoms. The van der Waals surface area contributed by atoms with Gasteiger partial charge in [0, 0.05) is 56.2 Å². The standard InChI is InChI=1S/C23H33N3O/c1-18-21(20-9-3-4-10-22(20)24(18)2)17-25-13-7-8-19(16-25)11-12-23(27)26-14-5-6-15-26/h3-4,9-10,19H,5-8,11-17H2,1-2H3/t19-/m0/s1. The monoisotopic (exact) mass is 367 g/mol. The molecule has 4 heteroatoms. The minimum Gasteiger partial charge on any atom is -0.348 e. The molecule has 0 unspecified atom stereocenters. The van der Waals surface area contributed by atoms with Gasteiger partial charge in [0.25, 0.3) is 0 Å². The topological polar surface area (TPSA) is 28.5 Å². The molecule has 0 aliphatic carbocycles. The Morgan fingerprint density at radius 1 is 1.11 bits per heavy atom. The van der Waals surface area contributed by atoms with Crippen molar-refractivity contribution < 1.29 is 4.79 Å². The number of aryl methyl sites for hydroxylation is 1. The van der Waals surface area contributed by atoms with Crippen LogP contribution in [0.1, 0.15) is 49.8 Å². The van der Waals surface area contributed by atoms with E-state index in [1.165, 1.54) is 54.4 Å². The molecule has 0 saturated carbocycles. The Morgan fingerprint density at radius 3 is 2.70 bits per heavy atom. The van der Waals surface area contributed by atoms with Gasteiger partial charge in [0.15, 0.2) is 0 Å². The van der Waals surface area contributed by atoms with E-state index in [-0.39, 0.29) is 0 Å². The van der Waals surface area contributed by atoms with Crippen molar-refractivity contribution in [3.63, 3.8) is 0 Å². The third-order valence-corrected chi connectivity index (χ3v) is 6.74. The van der Waals surface area contributed by atoms with Gasteiger partial charge in [0.1, 0.15) is 0 Å². The van der Waals surface area contributed by atoms with Crippen LogP contribution in [0.5, 0.6) is 0 Å². The molecular formula is C23H33N3O. The van der Waals surface area contributed by atoms with Crippen LogP contribution in [-0.2, 0) is 18.4 Å². The van der Waals surface area contributed by atoms with Crippen LogP contribution < -0.4 is 0 Å². The summed E-state index contributed by atoms with van der Waals surface area (Å²) in [5.41, 5.74) is 4.18. The molecule has 2 aromatic rings. The Balaban J connectivity index is 1.37. The molecule has 3 heterocycles. The van der Waals surface area contributed by atoms with Crippen LogP contribution in [0, 0.1) is 12.8 Å². The second-order valence-electron chi connectivity index (χ2n) is 8.51. The highest BCUT2D eigenvalue weighted by Crippen LogP contribution is 2.29. The van der Waals surface area contributed by atoms with Gasteiger partial charge in [0.2, 0.25) is 5.91 Å². The minimum atomic E-state index is 0.384. The summed E-state index contributed by atoms with van der Waals surface area (Å²) in [5, 5.41) is 1.39. The lowest BCUT2D eigenvalue weighted by atomic mass is 9.92. The van der Waals surface area contributed by atoms with Crippen LogP contribution in [0.3, 0.4) is 0 Å². The fourth-order valence-electron chi connectivity index (χ4n) is 5.01. The molecule has 1 atom stereocenters. The Morgan fingerprint density at radius 2 is 1.89 bits per heavy atom. The molecular weight excluding hydrogens is 334 g/mol. The first-order chi connectivity index (χ1) is 13.1. The van der Waals surface area contributed by atoms with Gasteiger partial charge in [0.05, 0.1) is 0 Å². The van der Waals surface area contributed by atoms with E-state index in [9.17, 15) is 4.79 Å². The molecule has 0 radical (unpaired) electrons. The summed E-state index contributed by atoms with van der Waals surface area (Å²) in [6, 6.07) is 8.75. The average Bonchev–Trinajstić information content (AvgIpc) is 3.31. The summed E-state index contributed by atoms with van der Waals surface area (Å²) >= 11 is 0. The Kier molecular flexibility index (Phi) is 5.53. The van der Waals surface area contributed by atoms with E-state index >= 15 is 0 Å². The van der Waals surface area contributed by atoms with Gasteiger partial charge < -0.3 is 9.47 Å². The Labute approximate surface area is 163 Å². The van der Waals surface area contributed by atoms with Crippen molar-refractivity contribution in [1.82, 2.24) is 14.4 Å². The number of likely N-dealkylation sites (tertiary alicyclic amines) is 2. The Hall–Kier alpha value is -1.81. The second kappa shape index (κ2) is 8.05. The lowest BCUT2D eigenvalue weighted by molar-refractivity contribution is -0.130. The molecule has 0 N–H and O–H groups in total. The Bertz CT molecular complexity index is 803. The van der Waals surface area contributed by atoms with Crippen LogP contribution in [0.2, 0.25) is 0 Å². The molecule has 1 aromatic carbocycles. The summed E-state index contributed by atoms with van der Waals surface area (Å²) in [6.45, 7) is 7.55. The molecule has 1 amide bonds. The van der Waals surface area contributed by atoms with E-state index < -0.39 is 0 Å². The smallest absolute Gasteiger partial charge is 0.222 e. The fraction of sp³-hybridized carbons (Fsp3) is 0.609. The third-order valence-electron chi connectivity index (χ3n) is 6.74. The lowest BCUT2D eigenvalue weighted by Crippen LogP contribution is -2.36. The van der Waals surface area contributed by atoms with Crippen molar-refractivity contribution in [1.29, 1.82) is 0 Å². The zero-order valence-electron chi connectivity index (χ0n) is 16.9. The van der Waals surface area contributed by atoms with E-state index in [4.69, 9.17) is 0 Å². The van der Waals surface area contributed by atoms with E-state index in [0.29, 0.717) is 11.8 Å². The number of fused-ring (bicyclic) bond motifs is 1. The number of hydrogen-bond acceptors (Lipinski definition) is 2.